The second-order valence-electron chi connectivity index (χ2n) is 6.88. The van der Waals surface area contributed by atoms with Crippen LogP contribution in [0, 0.1) is 0 Å². The lowest BCUT2D eigenvalue weighted by Gasteiger charge is -2.32. The molecule has 0 saturated carbocycles. The fraction of sp³-hybridized carbons (Fsp3) is 0.238. The zero-order chi connectivity index (χ0) is 18.5. The summed E-state index contributed by atoms with van der Waals surface area (Å²) in [4.78, 5) is 0. The van der Waals surface area contributed by atoms with Crippen molar-refractivity contribution < 1.29 is 24.4 Å². The average Bonchev–Trinajstić information content (AvgIpc) is 2.62. The normalized spacial score (nSPS) is 19.9. The molecule has 0 fully saturated rings. The third-order valence-corrected chi connectivity index (χ3v) is 4.55. The van der Waals surface area contributed by atoms with E-state index in [2.05, 4.69) is 0 Å². The van der Waals surface area contributed by atoms with E-state index in [1.807, 2.05) is 56.3 Å². The van der Waals surface area contributed by atoms with Crippen LogP contribution < -0.4 is 14.2 Å². The molecule has 0 spiro atoms. The Morgan fingerprint density at radius 3 is 2.50 bits per heavy atom. The Hall–Kier alpha value is -3.08. The molecule has 0 radical (unpaired) electrons. The summed E-state index contributed by atoms with van der Waals surface area (Å²) in [6, 6.07) is 11.0. The van der Waals surface area contributed by atoms with Gasteiger partial charge in [-0.05, 0) is 26.0 Å². The molecule has 2 aliphatic heterocycles. The molecule has 2 aromatic rings. The standard InChI is InChI=1S/C21H20O5/c1-21(2)10-9-13-14(26-21)11-15-16(20(13)24-3)17(22)18(23)19(25-15)12-7-5-4-6-8-12/h4-11,19,22-23H,1-3H3/t19-/m1/s1. The lowest BCUT2D eigenvalue weighted by Crippen LogP contribution is -2.28. The number of methoxy groups -OCH3 is 1. The maximum absolute atomic E-state index is 10.7. The third-order valence-electron chi connectivity index (χ3n) is 4.55. The minimum Gasteiger partial charge on any atom is -0.505 e. The Labute approximate surface area is 151 Å². The van der Waals surface area contributed by atoms with Crippen molar-refractivity contribution in [3.05, 3.63) is 64.9 Å². The van der Waals surface area contributed by atoms with Crippen LogP contribution in [0.3, 0.4) is 0 Å². The van der Waals surface area contributed by atoms with E-state index in [-0.39, 0.29) is 11.5 Å². The molecule has 26 heavy (non-hydrogen) atoms. The molecular weight excluding hydrogens is 332 g/mol. The second kappa shape index (κ2) is 5.73. The summed E-state index contributed by atoms with van der Waals surface area (Å²) in [5, 5.41) is 21.2. The van der Waals surface area contributed by atoms with Crippen LogP contribution in [-0.4, -0.2) is 22.9 Å². The lowest BCUT2D eigenvalue weighted by molar-refractivity contribution is 0.148. The zero-order valence-electron chi connectivity index (χ0n) is 14.8. The Bertz CT molecular complexity index is 925. The molecule has 2 aromatic carbocycles. The Morgan fingerprint density at radius 2 is 1.81 bits per heavy atom. The minimum absolute atomic E-state index is 0.247. The van der Waals surface area contributed by atoms with Crippen LogP contribution >= 0.6 is 0 Å². The Morgan fingerprint density at radius 1 is 1.08 bits per heavy atom. The minimum atomic E-state index is -0.793. The van der Waals surface area contributed by atoms with Gasteiger partial charge < -0.3 is 24.4 Å². The van der Waals surface area contributed by atoms with Crippen molar-refractivity contribution >= 4 is 11.8 Å². The fourth-order valence-electron chi connectivity index (χ4n) is 3.29. The predicted molar refractivity (Wildman–Crippen MR) is 98.7 cm³/mol. The molecule has 2 N–H and O–H groups in total. The highest BCUT2D eigenvalue weighted by atomic mass is 16.5. The summed E-state index contributed by atoms with van der Waals surface area (Å²) < 4.78 is 17.6. The molecule has 0 amide bonds. The number of benzene rings is 2. The molecule has 1 atom stereocenters. The summed E-state index contributed by atoms with van der Waals surface area (Å²) in [5.74, 6) is 0.908. The quantitative estimate of drug-likeness (QED) is 0.813. The van der Waals surface area contributed by atoms with E-state index in [4.69, 9.17) is 14.2 Å². The van der Waals surface area contributed by atoms with Crippen molar-refractivity contribution in [1.29, 1.82) is 0 Å². The Kier molecular flexibility index (Phi) is 3.61. The second-order valence-corrected chi connectivity index (χ2v) is 6.88. The summed E-state index contributed by atoms with van der Waals surface area (Å²) in [5.41, 5.74) is 1.30. The number of aliphatic hydroxyl groups is 2. The van der Waals surface area contributed by atoms with Gasteiger partial charge in [-0.2, -0.15) is 0 Å². The maximum Gasteiger partial charge on any atom is 0.184 e. The molecular formula is C21H20O5. The topological polar surface area (TPSA) is 68.2 Å². The van der Waals surface area contributed by atoms with Crippen LogP contribution in [0.15, 0.2) is 48.2 Å². The van der Waals surface area contributed by atoms with Crippen LogP contribution in [0.4, 0.5) is 0 Å². The van der Waals surface area contributed by atoms with Gasteiger partial charge >= 0.3 is 0 Å². The van der Waals surface area contributed by atoms with Gasteiger partial charge in [0, 0.05) is 11.6 Å². The molecule has 5 heteroatoms. The van der Waals surface area contributed by atoms with E-state index in [9.17, 15) is 10.2 Å². The molecule has 2 heterocycles. The van der Waals surface area contributed by atoms with Gasteiger partial charge in [0.25, 0.3) is 0 Å². The predicted octanol–water partition coefficient (Wildman–Crippen LogP) is 4.80. The molecule has 0 saturated heterocycles. The largest absolute Gasteiger partial charge is 0.505 e. The summed E-state index contributed by atoms with van der Waals surface area (Å²) in [6.07, 6.45) is 3.02. The van der Waals surface area contributed by atoms with Crippen molar-refractivity contribution in [3.8, 4) is 17.2 Å². The zero-order valence-corrected chi connectivity index (χ0v) is 14.8. The van der Waals surface area contributed by atoms with Crippen LogP contribution in [-0.2, 0) is 0 Å². The van der Waals surface area contributed by atoms with Gasteiger partial charge in [-0.25, -0.2) is 0 Å². The number of rotatable bonds is 2. The number of hydrogen-bond donors (Lipinski definition) is 2. The van der Waals surface area contributed by atoms with E-state index >= 15 is 0 Å². The van der Waals surface area contributed by atoms with Gasteiger partial charge in [0.15, 0.2) is 17.6 Å². The smallest absolute Gasteiger partial charge is 0.184 e. The number of fused-ring (bicyclic) bond motifs is 2. The summed E-state index contributed by atoms with van der Waals surface area (Å²) in [6.45, 7) is 3.91. The van der Waals surface area contributed by atoms with Gasteiger partial charge in [0.2, 0.25) is 0 Å². The summed E-state index contributed by atoms with van der Waals surface area (Å²) >= 11 is 0. The average molecular weight is 352 g/mol. The monoisotopic (exact) mass is 352 g/mol. The van der Waals surface area contributed by atoms with Gasteiger partial charge in [0.05, 0.1) is 12.7 Å². The maximum atomic E-state index is 10.7. The number of aliphatic hydroxyl groups excluding tert-OH is 2. The van der Waals surface area contributed by atoms with E-state index < -0.39 is 11.7 Å². The number of ether oxygens (including phenoxy) is 3. The molecule has 0 bridgehead atoms. The van der Waals surface area contributed by atoms with Gasteiger partial charge in [-0.1, -0.05) is 30.3 Å². The van der Waals surface area contributed by atoms with Gasteiger partial charge in [0.1, 0.15) is 28.4 Å². The van der Waals surface area contributed by atoms with E-state index in [0.717, 1.165) is 5.56 Å². The highest BCUT2D eigenvalue weighted by Crippen LogP contribution is 2.50. The fourth-order valence-corrected chi connectivity index (χ4v) is 3.29. The third kappa shape index (κ3) is 2.47. The van der Waals surface area contributed by atoms with Crippen molar-refractivity contribution in [2.45, 2.75) is 25.6 Å². The molecule has 2 aliphatic rings. The van der Waals surface area contributed by atoms with Crippen LogP contribution in [0.25, 0.3) is 11.8 Å². The van der Waals surface area contributed by atoms with Crippen LogP contribution in [0.1, 0.15) is 36.6 Å². The molecule has 5 nitrogen and oxygen atoms in total. The highest BCUT2D eigenvalue weighted by molar-refractivity contribution is 5.82. The summed E-state index contributed by atoms with van der Waals surface area (Å²) in [7, 11) is 1.51. The molecule has 0 unspecified atom stereocenters. The van der Waals surface area contributed by atoms with Crippen LogP contribution in [0.5, 0.6) is 17.2 Å². The first-order chi connectivity index (χ1) is 12.4. The van der Waals surface area contributed by atoms with Crippen LogP contribution in [0.2, 0.25) is 0 Å². The molecule has 0 aliphatic carbocycles. The van der Waals surface area contributed by atoms with Gasteiger partial charge in [-0.15, -0.1) is 0 Å². The van der Waals surface area contributed by atoms with E-state index in [1.54, 1.807) is 6.07 Å². The first-order valence-corrected chi connectivity index (χ1v) is 8.38. The first kappa shape index (κ1) is 16.4. The van der Waals surface area contributed by atoms with E-state index in [1.165, 1.54) is 7.11 Å². The van der Waals surface area contributed by atoms with Gasteiger partial charge in [-0.3, -0.25) is 0 Å². The first-order valence-electron chi connectivity index (χ1n) is 8.38. The van der Waals surface area contributed by atoms with Crippen molar-refractivity contribution in [2.75, 3.05) is 7.11 Å². The van der Waals surface area contributed by atoms with Crippen molar-refractivity contribution in [2.24, 2.45) is 0 Å². The van der Waals surface area contributed by atoms with Crippen molar-refractivity contribution in [3.63, 3.8) is 0 Å². The number of hydrogen-bond acceptors (Lipinski definition) is 5. The molecule has 134 valence electrons. The highest BCUT2D eigenvalue weighted by Gasteiger charge is 2.36. The van der Waals surface area contributed by atoms with Crippen molar-refractivity contribution in [1.82, 2.24) is 0 Å². The Balaban J connectivity index is 1.90. The SMILES string of the molecule is COc1c2c(cc3c1C(O)=C(O)[C@@H](c1ccccc1)O3)OC(C)(C)C=C2. The van der Waals surface area contributed by atoms with E-state index in [0.29, 0.717) is 28.4 Å². The molecule has 4 rings (SSSR count). The molecule has 0 aromatic heterocycles. The lowest BCUT2D eigenvalue weighted by atomic mass is 9.95.